The summed E-state index contributed by atoms with van der Waals surface area (Å²) in [6, 6.07) is 0. The second-order valence-electron chi connectivity index (χ2n) is 13.6. The van der Waals surface area contributed by atoms with Gasteiger partial charge in [-0.15, -0.1) is 0 Å². The van der Waals surface area contributed by atoms with E-state index >= 15 is 0 Å². The topological polar surface area (TPSA) is 104 Å². The fourth-order valence-electron chi connectivity index (χ4n) is 8.33. The first-order valence-corrected chi connectivity index (χ1v) is 15.7. The van der Waals surface area contributed by atoms with Crippen LogP contribution in [0.25, 0.3) is 0 Å². The lowest BCUT2D eigenvalue weighted by atomic mass is 9.64. The minimum atomic E-state index is -1.78. The van der Waals surface area contributed by atoms with Crippen molar-refractivity contribution in [1.82, 2.24) is 0 Å². The quantitative estimate of drug-likeness (QED) is 0.145. The summed E-state index contributed by atoms with van der Waals surface area (Å²) >= 11 is 0. The third kappa shape index (κ3) is 5.94. The van der Waals surface area contributed by atoms with Crippen LogP contribution in [0, 0.1) is 29.1 Å². The van der Waals surface area contributed by atoms with Crippen molar-refractivity contribution >= 4 is 11.8 Å². The number of rotatable bonds is 14. The van der Waals surface area contributed by atoms with Crippen LogP contribution in [-0.2, 0) is 14.3 Å². The minimum absolute atomic E-state index is 0.0147. The Morgan fingerprint density at radius 2 is 1.54 bits per heavy atom. The lowest BCUT2D eigenvalue weighted by molar-refractivity contribution is -0.176. The molecule has 4 rings (SSSR count). The van der Waals surface area contributed by atoms with Gasteiger partial charge in [0.1, 0.15) is 11.7 Å². The van der Waals surface area contributed by atoms with Gasteiger partial charge in [0, 0.05) is 37.0 Å². The Bertz CT molecular complexity index is 965. The Morgan fingerprint density at radius 3 is 2.13 bits per heavy atom. The molecular formula is C33H52O6. The second kappa shape index (κ2) is 12.2. The van der Waals surface area contributed by atoms with Crippen LogP contribution >= 0.6 is 0 Å². The Morgan fingerprint density at radius 1 is 0.949 bits per heavy atom. The molecule has 0 saturated heterocycles. The number of ketones is 1. The second-order valence-corrected chi connectivity index (χ2v) is 13.6. The molecule has 0 spiro atoms. The van der Waals surface area contributed by atoms with Gasteiger partial charge in [-0.3, -0.25) is 9.59 Å². The van der Waals surface area contributed by atoms with E-state index in [2.05, 4.69) is 20.8 Å². The number of aliphatic hydroxyl groups is 3. The van der Waals surface area contributed by atoms with Gasteiger partial charge in [0.05, 0.1) is 12.2 Å². The van der Waals surface area contributed by atoms with Gasteiger partial charge in [0.2, 0.25) is 0 Å². The predicted molar refractivity (Wildman–Crippen MR) is 152 cm³/mol. The highest BCUT2D eigenvalue weighted by Gasteiger charge is 2.75. The molecule has 0 heterocycles. The molecule has 3 N–H and O–H groups in total. The molecule has 4 aliphatic rings. The third-order valence-electron chi connectivity index (χ3n) is 10.5. The van der Waals surface area contributed by atoms with E-state index in [9.17, 15) is 24.9 Å². The maximum absolute atomic E-state index is 13.0. The largest absolute Gasteiger partial charge is 0.462 e. The van der Waals surface area contributed by atoms with Gasteiger partial charge in [-0.05, 0) is 35.8 Å². The van der Waals surface area contributed by atoms with Crippen molar-refractivity contribution in [3.05, 3.63) is 23.3 Å². The molecule has 0 unspecified atom stereocenters. The molecule has 0 aliphatic heterocycles. The number of ether oxygens (including phenoxy) is 1. The maximum atomic E-state index is 13.0. The number of unbranched alkanes of at least 4 members (excludes halogenated alkanes) is 10. The first-order valence-electron chi connectivity index (χ1n) is 15.7. The monoisotopic (exact) mass is 544 g/mol. The summed E-state index contributed by atoms with van der Waals surface area (Å²) in [5, 5.41) is 33.9. The molecule has 2 fully saturated rings. The summed E-state index contributed by atoms with van der Waals surface area (Å²) in [6.07, 6.45) is 17.2. The van der Waals surface area contributed by atoms with Crippen LogP contribution in [0.2, 0.25) is 0 Å². The average Bonchev–Trinajstić information content (AvgIpc) is 3.41. The van der Waals surface area contributed by atoms with E-state index in [-0.39, 0.29) is 54.4 Å². The van der Waals surface area contributed by atoms with Gasteiger partial charge in [-0.25, -0.2) is 0 Å². The van der Waals surface area contributed by atoms with Gasteiger partial charge in [0.15, 0.2) is 5.78 Å². The van der Waals surface area contributed by atoms with E-state index in [4.69, 9.17) is 4.74 Å². The number of esters is 1. The van der Waals surface area contributed by atoms with Gasteiger partial charge >= 0.3 is 5.97 Å². The average molecular weight is 545 g/mol. The smallest absolute Gasteiger partial charge is 0.306 e. The van der Waals surface area contributed by atoms with E-state index in [1.807, 2.05) is 6.08 Å². The van der Waals surface area contributed by atoms with Crippen LogP contribution in [-0.4, -0.2) is 51.0 Å². The Kier molecular flexibility index (Phi) is 9.50. The van der Waals surface area contributed by atoms with Crippen LogP contribution in [0.15, 0.2) is 23.3 Å². The summed E-state index contributed by atoms with van der Waals surface area (Å²) in [5.74, 6) is -1.58. The van der Waals surface area contributed by atoms with Crippen molar-refractivity contribution < 1.29 is 29.6 Å². The molecule has 4 aliphatic carbocycles. The summed E-state index contributed by atoms with van der Waals surface area (Å²) in [4.78, 5) is 25.9. The van der Waals surface area contributed by atoms with Crippen LogP contribution in [0.1, 0.15) is 118 Å². The number of aliphatic hydroxyl groups excluding tert-OH is 1. The highest BCUT2D eigenvalue weighted by atomic mass is 16.5. The lowest BCUT2D eigenvalue weighted by Crippen LogP contribution is -2.58. The first kappa shape index (κ1) is 30.5. The van der Waals surface area contributed by atoms with Gasteiger partial charge in [-0.2, -0.15) is 0 Å². The molecule has 39 heavy (non-hydrogen) atoms. The lowest BCUT2D eigenvalue weighted by Gasteiger charge is -2.47. The summed E-state index contributed by atoms with van der Waals surface area (Å²) in [6.45, 7) is 7.94. The molecule has 0 aromatic heterocycles. The standard InChI is InChI=1S/C33H52O6/c1-5-6-7-8-9-10-11-12-13-14-15-16-27(35)39-25-20-32(37)24(28-29(25)31(28,3)4)18-23(21-34)19-33(38)26(32)17-22(2)30(33)36/h17-18,24-26,28-29,34,37-38H,5-16,19-21H2,1-4H3/t24-,25+,26-,28-,29+,32+,33+/m0/s1. The molecule has 0 radical (unpaired) electrons. The number of Topliss-reactive ketones (excluding diaryl/α,β-unsaturated/α-hetero) is 1. The van der Waals surface area contributed by atoms with Crippen molar-refractivity contribution in [3.63, 3.8) is 0 Å². The molecule has 6 heteroatoms. The van der Waals surface area contributed by atoms with Crippen LogP contribution in [0.5, 0.6) is 0 Å². The number of hydrogen-bond donors (Lipinski definition) is 3. The molecule has 7 atom stereocenters. The van der Waals surface area contributed by atoms with Crippen LogP contribution in [0.4, 0.5) is 0 Å². The number of hydrogen-bond acceptors (Lipinski definition) is 6. The molecular weight excluding hydrogens is 492 g/mol. The van der Waals surface area contributed by atoms with Crippen LogP contribution < -0.4 is 0 Å². The zero-order valence-electron chi connectivity index (χ0n) is 24.7. The highest BCUT2D eigenvalue weighted by molar-refractivity contribution is 6.04. The minimum Gasteiger partial charge on any atom is -0.462 e. The van der Waals surface area contributed by atoms with Crippen molar-refractivity contribution in [2.45, 2.75) is 135 Å². The third-order valence-corrected chi connectivity index (χ3v) is 10.5. The van der Waals surface area contributed by atoms with Crippen molar-refractivity contribution in [2.75, 3.05) is 6.61 Å². The number of carbonyl (C=O) groups is 2. The summed E-state index contributed by atoms with van der Waals surface area (Å²) in [7, 11) is 0. The Hall–Kier alpha value is -1.50. The maximum Gasteiger partial charge on any atom is 0.306 e. The van der Waals surface area contributed by atoms with E-state index in [1.165, 1.54) is 51.4 Å². The molecule has 0 bridgehead atoms. The molecule has 6 nitrogen and oxygen atoms in total. The first-order chi connectivity index (χ1) is 18.5. The van der Waals surface area contributed by atoms with Crippen molar-refractivity contribution in [2.24, 2.45) is 29.1 Å². The Labute approximate surface area is 235 Å². The van der Waals surface area contributed by atoms with Crippen molar-refractivity contribution in [3.8, 4) is 0 Å². The van der Waals surface area contributed by atoms with E-state index in [0.717, 1.165) is 19.3 Å². The van der Waals surface area contributed by atoms with Gasteiger partial charge in [0.25, 0.3) is 0 Å². The zero-order valence-corrected chi connectivity index (χ0v) is 24.7. The summed E-state index contributed by atoms with van der Waals surface area (Å²) in [5.41, 5.74) is -2.34. The SMILES string of the molecule is CCCCCCCCCCCCCC(=O)O[C@@H]1C[C@@]2(O)[C@@H](C=C(CO)C[C@]3(O)C(=O)C(C)=C[C@@H]23)[C@H]2[C@@H]1C2(C)C. The highest BCUT2D eigenvalue weighted by Crippen LogP contribution is 2.72. The fraction of sp³-hybridized carbons (Fsp3) is 0.818. The van der Waals surface area contributed by atoms with E-state index in [0.29, 0.717) is 17.6 Å². The normalized spacial score (nSPS) is 36.3. The number of fused-ring (bicyclic) bond motifs is 5. The predicted octanol–water partition coefficient (Wildman–Crippen LogP) is 5.82. The molecule has 0 amide bonds. The molecule has 0 aromatic rings. The number of carbonyl (C=O) groups excluding carboxylic acids is 2. The molecule has 220 valence electrons. The van der Waals surface area contributed by atoms with E-state index < -0.39 is 23.2 Å². The van der Waals surface area contributed by atoms with E-state index in [1.54, 1.807) is 13.0 Å². The molecule has 0 aromatic carbocycles. The summed E-state index contributed by atoms with van der Waals surface area (Å²) < 4.78 is 6.06. The van der Waals surface area contributed by atoms with Gasteiger partial charge < -0.3 is 20.1 Å². The Balaban J connectivity index is 1.33. The van der Waals surface area contributed by atoms with Gasteiger partial charge in [-0.1, -0.05) is 97.1 Å². The van der Waals surface area contributed by atoms with Crippen LogP contribution in [0.3, 0.4) is 0 Å². The fourth-order valence-corrected chi connectivity index (χ4v) is 8.33. The molecule has 2 saturated carbocycles. The van der Waals surface area contributed by atoms with Crippen molar-refractivity contribution in [1.29, 1.82) is 0 Å². The zero-order chi connectivity index (χ0) is 28.4.